The molecule has 4 heteroatoms. The third-order valence-electron chi connectivity index (χ3n) is 4.01. The minimum Gasteiger partial charge on any atom is -0.491 e. The summed E-state index contributed by atoms with van der Waals surface area (Å²) in [6.45, 7) is 10.6. The van der Waals surface area contributed by atoms with Gasteiger partial charge in [0.1, 0.15) is 18.1 Å². The molecule has 2 aromatic rings. The van der Waals surface area contributed by atoms with Crippen LogP contribution in [0.25, 0.3) is 0 Å². The molecule has 1 unspecified atom stereocenters. The Morgan fingerprint density at radius 3 is 2.36 bits per heavy atom. The number of aryl methyl sites for hydroxylation is 4. The average molecular weight is 341 g/mol. The van der Waals surface area contributed by atoms with Gasteiger partial charge < -0.3 is 14.8 Å². The molecule has 0 aliphatic rings. The highest BCUT2D eigenvalue weighted by Gasteiger charge is 2.15. The zero-order valence-electron chi connectivity index (χ0n) is 15.7. The van der Waals surface area contributed by atoms with Crippen molar-refractivity contribution < 1.29 is 14.3 Å². The van der Waals surface area contributed by atoms with E-state index in [4.69, 9.17) is 9.47 Å². The van der Waals surface area contributed by atoms with Gasteiger partial charge in [-0.3, -0.25) is 4.79 Å². The molecule has 1 amide bonds. The first-order valence-electron chi connectivity index (χ1n) is 8.58. The summed E-state index contributed by atoms with van der Waals surface area (Å²) in [6, 6.07) is 12.0. The van der Waals surface area contributed by atoms with Gasteiger partial charge in [-0.15, -0.1) is 0 Å². The molecule has 4 nitrogen and oxygen atoms in total. The van der Waals surface area contributed by atoms with Crippen LogP contribution in [0.15, 0.2) is 36.4 Å². The fourth-order valence-electron chi connectivity index (χ4n) is 2.52. The maximum atomic E-state index is 12.2. The first-order valence-corrected chi connectivity index (χ1v) is 8.58. The molecule has 2 aromatic carbocycles. The van der Waals surface area contributed by atoms with E-state index in [2.05, 4.69) is 11.4 Å². The Balaban J connectivity index is 1.78. The van der Waals surface area contributed by atoms with Crippen LogP contribution >= 0.6 is 0 Å². The smallest absolute Gasteiger partial charge is 0.260 e. The van der Waals surface area contributed by atoms with E-state index in [-0.39, 0.29) is 5.91 Å². The van der Waals surface area contributed by atoms with E-state index in [0.717, 1.165) is 28.2 Å². The van der Waals surface area contributed by atoms with Gasteiger partial charge in [0.15, 0.2) is 6.10 Å². The highest BCUT2D eigenvalue weighted by Crippen LogP contribution is 2.20. The highest BCUT2D eigenvalue weighted by atomic mass is 16.5. The first-order chi connectivity index (χ1) is 11.9. The molecule has 0 heterocycles. The fourth-order valence-corrected chi connectivity index (χ4v) is 2.52. The van der Waals surface area contributed by atoms with E-state index in [1.807, 2.05) is 58.0 Å². The monoisotopic (exact) mass is 341 g/mol. The van der Waals surface area contributed by atoms with Crippen LogP contribution < -0.4 is 14.8 Å². The second-order valence-corrected chi connectivity index (χ2v) is 6.44. The molecule has 2 rings (SSSR count). The van der Waals surface area contributed by atoms with Gasteiger partial charge in [0.25, 0.3) is 5.91 Å². The Morgan fingerprint density at radius 2 is 1.64 bits per heavy atom. The summed E-state index contributed by atoms with van der Waals surface area (Å²) in [6.07, 6.45) is -0.554. The van der Waals surface area contributed by atoms with Gasteiger partial charge in [-0.25, -0.2) is 0 Å². The SMILES string of the molecule is Cc1ccc(OCCNC(=O)C(C)Oc2cc(C)ccc2C)c(C)c1. The molecule has 0 aliphatic heterocycles. The lowest BCUT2D eigenvalue weighted by Gasteiger charge is -2.17. The normalized spacial score (nSPS) is 11.7. The fraction of sp³-hybridized carbons (Fsp3) is 0.381. The Hall–Kier alpha value is -2.49. The van der Waals surface area contributed by atoms with Crippen molar-refractivity contribution in [3.63, 3.8) is 0 Å². The summed E-state index contributed by atoms with van der Waals surface area (Å²) in [4.78, 5) is 12.2. The predicted molar refractivity (Wildman–Crippen MR) is 100 cm³/mol. The molecule has 0 bridgehead atoms. The van der Waals surface area contributed by atoms with Crippen molar-refractivity contribution in [3.8, 4) is 11.5 Å². The number of carbonyl (C=O) groups is 1. The summed E-state index contributed by atoms with van der Waals surface area (Å²) < 4.78 is 11.5. The van der Waals surface area contributed by atoms with Crippen molar-refractivity contribution in [3.05, 3.63) is 58.7 Å². The number of hydrogen-bond donors (Lipinski definition) is 1. The van der Waals surface area contributed by atoms with Crippen LogP contribution in [0, 0.1) is 27.7 Å². The lowest BCUT2D eigenvalue weighted by molar-refractivity contribution is -0.127. The maximum absolute atomic E-state index is 12.2. The number of amides is 1. The van der Waals surface area contributed by atoms with Crippen molar-refractivity contribution in [2.75, 3.05) is 13.2 Å². The standard InChI is InChI=1S/C21H27NO3/c1-14-7-9-19(17(4)12-14)24-11-10-22-21(23)18(5)25-20-13-15(2)6-8-16(20)3/h6-9,12-13,18H,10-11H2,1-5H3,(H,22,23). The number of benzene rings is 2. The van der Waals surface area contributed by atoms with E-state index < -0.39 is 6.10 Å². The van der Waals surface area contributed by atoms with Crippen LogP contribution in [0.5, 0.6) is 11.5 Å². The summed E-state index contributed by atoms with van der Waals surface area (Å²) in [7, 11) is 0. The van der Waals surface area contributed by atoms with Crippen molar-refractivity contribution in [1.29, 1.82) is 0 Å². The molecule has 134 valence electrons. The van der Waals surface area contributed by atoms with Gasteiger partial charge in [-0.05, 0) is 63.4 Å². The summed E-state index contributed by atoms with van der Waals surface area (Å²) in [5, 5.41) is 2.85. The molecular weight excluding hydrogens is 314 g/mol. The number of hydrogen-bond acceptors (Lipinski definition) is 3. The molecule has 0 saturated carbocycles. The van der Waals surface area contributed by atoms with E-state index >= 15 is 0 Å². The lowest BCUT2D eigenvalue weighted by atomic mass is 10.1. The Morgan fingerprint density at radius 1 is 0.960 bits per heavy atom. The zero-order chi connectivity index (χ0) is 18.4. The number of rotatable bonds is 7. The van der Waals surface area contributed by atoms with Crippen molar-refractivity contribution in [2.24, 2.45) is 0 Å². The quantitative estimate of drug-likeness (QED) is 0.778. The molecule has 1 atom stereocenters. The van der Waals surface area contributed by atoms with E-state index in [1.54, 1.807) is 6.92 Å². The summed E-state index contributed by atoms with van der Waals surface area (Å²) in [5.74, 6) is 1.44. The molecule has 0 fully saturated rings. The minimum absolute atomic E-state index is 0.148. The van der Waals surface area contributed by atoms with Crippen LogP contribution in [0.4, 0.5) is 0 Å². The van der Waals surface area contributed by atoms with Gasteiger partial charge in [0.2, 0.25) is 0 Å². The second-order valence-electron chi connectivity index (χ2n) is 6.44. The van der Waals surface area contributed by atoms with Crippen LogP contribution in [-0.4, -0.2) is 25.2 Å². The lowest BCUT2D eigenvalue weighted by Crippen LogP contribution is -2.38. The van der Waals surface area contributed by atoms with Gasteiger partial charge in [0.05, 0.1) is 6.54 Å². The van der Waals surface area contributed by atoms with Gasteiger partial charge in [-0.2, -0.15) is 0 Å². The Bertz CT molecular complexity index is 740. The molecule has 0 spiro atoms. The molecule has 25 heavy (non-hydrogen) atoms. The van der Waals surface area contributed by atoms with Crippen molar-refractivity contribution in [1.82, 2.24) is 5.32 Å². The van der Waals surface area contributed by atoms with Crippen LogP contribution in [-0.2, 0) is 4.79 Å². The summed E-state index contributed by atoms with van der Waals surface area (Å²) >= 11 is 0. The van der Waals surface area contributed by atoms with Crippen molar-refractivity contribution in [2.45, 2.75) is 40.7 Å². The molecule has 0 aromatic heterocycles. The topological polar surface area (TPSA) is 47.6 Å². The molecular formula is C21H27NO3. The Kier molecular flexibility index (Phi) is 6.45. The predicted octanol–water partition coefficient (Wildman–Crippen LogP) is 3.88. The van der Waals surface area contributed by atoms with E-state index in [1.165, 1.54) is 5.56 Å². The summed E-state index contributed by atoms with van der Waals surface area (Å²) in [5.41, 5.74) is 4.42. The second kappa shape index (κ2) is 8.56. The number of carbonyl (C=O) groups excluding carboxylic acids is 1. The number of ether oxygens (including phenoxy) is 2. The van der Waals surface area contributed by atoms with Gasteiger partial charge in [0, 0.05) is 0 Å². The van der Waals surface area contributed by atoms with E-state index in [9.17, 15) is 4.79 Å². The van der Waals surface area contributed by atoms with Gasteiger partial charge in [-0.1, -0.05) is 29.8 Å². The third kappa shape index (κ3) is 5.52. The van der Waals surface area contributed by atoms with Gasteiger partial charge >= 0.3 is 0 Å². The zero-order valence-corrected chi connectivity index (χ0v) is 15.7. The highest BCUT2D eigenvalue weighted by molar-refractivity contribution is 5.80. The first kappa shape index (κ1) is 18.8. The molecule has 1 N–H and O–H groups in total. The molecule has 0 radical (unpaired) electrons. The van der Waals surface area contributed by atoms with Crippen LogP contribution in [0.2, 0.25) is 0 Å². The third-order valence-corrected chi connectivity index (χ3v) is 4.01. The van der Waals surface area contributed by atoms with Crippen LogP contribution in [0.3, 0.4) is 0 Å². The van der Waals surface area contributed by atoms with E-state index in [0.29, 0.717) is 13.2 Å². The van der Waals surface area contributed by atoms with Crippen molar-refractivity contribution >= 4 is 5.91 Å². The number of nitrogens with one attached hydrogen (secondary N) is 1. The minimum atomic E-state index is -0.554. The maximum Gasteiger partial charge on any atom is 0.260 e. The molecule has 0 saturated heterocycles. The Labute approximate surface area is 150 Å². The van der Waals surface area contributed by atoms with Crippen LogP contribution in [0.1, 0.15) is 29.2 Å². The average Bonchev–Trinajstić information content (AvgIpc) is 2.56. The largest absolute Gasteiger partial charge is 0.491 e. The molecule has 0 aliphatic carbocycles.